The van der Waals surface area contributed by atoms with Gasteiger partial charge in [-0.05, 0) is 52.0 Å². The first-order chi connectivity index (χ1) is 11.7. The second kappa shape index (κ2) is 8.36. The SMILES string of the molecule is CC(C)N(CCN(C(=O)C(F)(F)F)c1ccc(S(N)(=O)=O)cc1)C(C)C. The molecule has 6 nitrogen and oxygen atoms in total. The van der Waals surface area contributed by atoms with Gasteiger partial charge in [0.2, 0.25) is 10.0 Å². The van der Waals surface area contributed by atoms with E-state index in [2.05, 4.69) is 0 Å². The van der Waals surface area contributed by atoms with E-state index in [9.17, 15) is 26.4 Å². The summed E-state index contributed by atoms with van der Waals surface area (Å²) in [5, 5.41) is 4.98. The maximum Gasteiger partial charge on any atom is 0.471 e. The Morgan fingerprint density at radius 3 is 1.85 bits per heavy atom. The third kappa shape index (κ3) is 5.96. The van der Waals surface area contributed by atoms with Crippen LogP contribution in [0.15, 0.2) is 29.2 Å². The van der Waals surface area contributed by atoms with Crippen molar-refractivity contribution in [2.24, 2.45) is 5.14 Å². The van der Waals surface area contributed by atoms with Gasteiger partial charge in [-0.3, -0.25) is 9.69 Å². The molecule has 0 unspecified atom stereocenters. The highest BCUT2D eigenvalue weighted by atomic mass is 32.2. The molecule has 10 heteroatoms. The monoisotopic (exact) mass is 395 g/mol. The lowest BCUT2D eigenvalue weighted by Crippen LogP contribution is -2.47. The minimum absolute atomic E-state index is 0.0489. The fourth-order valence-electron chi connectivity index (χ4n) is 2.64. The zero-order valence-electron chi connectivity index (χ0n) is 15.1. The van der Waals surface area contributed by atoms with Gasteiger partial charge in [-0.2, -0.15) is 13.2 Å². The summed E-state index contributed by atoms with van der Waals surface area (Å²) in [4.78, 5) is 14.2. The third-order valence-electron chi connectivity index (χ3n) is 3.87. The maximum atomic E-state index is 13.0. The van der Waals surface area contributed by atoms with Crippen molar-refractivity contribution < 1.29 is 26.4 Å². The standard InChI is InChI=1S/C16H24F3N3O3S/c1-11(2)21(12(3)4)9-10-22(15(23)16(17,18)19)13-5-7-14(8-6-13)26(20,24)25/h5-8,11-12H,9-10H2,1-4H3,(H2,20,24,25). The molecule has 1 aromatic carbocycles. The van der Waals surface area contributed by atoms with Gasteiger partial charge in [0.1, 0.15) is 0 Å². The van der Waals surface area contributed by atoms with Crippen molar-refractivity contribution in [1.29, 1.82) is 0 Å². The van der Waals surface area contributed by atoms with E-state index in [0.29, 0.717) is 4.90 Å². The molecule has 0 bridgehead atoms. The predicted molar refractivity (Wildman–Crippen MR) is 93.2 cm³/mol. The van der Waals surface area contributed by atoms with Gasteiger partial charge in [-0.1, -0.05) is 0 Å². The number of hydrogen-bond donors (Lipinski definition) is 1. The fraction of sp³-hybridized carbons (Fsp3) is 0.562. The second-order valence-corrected chi connectivity index (χ2v) is 7.98. The van der Waals surface area contributed by atoms with Crippen molar-refractivity contribution in [2.75, 3.05) is 18.0 Å². The Hall–Kier alpha value is -1.65. The molecule has 0 aliphatic rings. The van der Waals surface area contributed by atoms with E-state index in [1.165, 1.54) is 0 Å². The highest BCUT2D eigenvalue weighted by molar-refractivity contribution is 7.89. The molecule has 0 saturated heterocycles. The number of benzene rings is 1. The van der Waals surface area contributed by atoms with Crippen LogP contribution in [0.2, 0.25) is 0 Å². The number of nitrogens with zero attached hydrogens (tertiary/aromatic N) is 2. The molecule has 0 fully saturated rings. The van der Waals surface area contributed by atoms with E-state index in [4.69, 9.17) is 5.14 Å². The summed E-state index contributed by atoms with van der Waals surface area (Å²) in [5.74, 6) is -2.01. The molecule has 0 heterocycles. The van der Waals surface area contributed by atoms with Crippen LogP contribution in [0.1, 0.15) is 27.7 Å². The number of rotatable bonds is 7. The van der Waals surface area contributed by atoms with Crippen LogP contribution in [-0.2, 0) is 14.8 Å². The van der Waals surface area contributed by atoms with Crippen LogP contribution in [0.4, 0.5) is 18.9 Å². The fourth-order valence-corrected chi connectivity index (χ4v) is 3.16. The van der Waals surface area contributed by atoms with E-state index in [1.807, 2.05) is 32.6 Å². The number of amides is 1. The molecule has 0 atom stereocenters. The number of primary sulfonamides is 1. The Morgan fingerprint density at radius 1 is 1.04 bits per heavy atom. The minimum Gasteiger partial charge on any atom is -0.303 e. The van der Waals surface area contributed by atoms with Crippen molar-refractivity contribution in [1.82, 2.24) is 4.90 Å². The lowest BCUT2D eigenvalue weighted by atomic mass is 10.2. The molecule has 0 radical (unpaired) electrons. The molecule has 26 heavy (non-hydrogen) atoms. The maximum absolute atomic E-state index is 13.0. The van der Waals surface area contributed by atoms with Gasteiger partial charge in [-0.25, -0.2) is 13.6 Å². The Labute approximate surface area is 151 Å². The molecule has 0 aliphatic heterocycles. The van der Waals surface area contributed by atoms with E-state index in [0.717, 1.165) is 24.3 Å². The Bertz CT molecular complexity index is 708. The Kier molecular flexibility index (Phi) is 7.20. The van der Waals surface area contributed by atoms with Gasteiger partial charge in [0.15, 0.2) is 0 Å². The van der Waals surface area contributed by atoms with E-state index < -0.39 is 22.1 Å². The first-order valence-electron chi connectivity index (χ1n) is 8.02. The number of carbonyl (C=O) groups is 1. The third-order valence-corrected chi connectivity index (χ3v) is 4.80. The minimum atomic E-state index is -5.04. The number of sulfonamides is 1. The zero-order valence-corrected chi connectivity index (χ0v) is 15.9. The van der Waals surface area contributed by atoms with Crippen LogP contribution in [0.5, 0.6) is 0 Å². The van der Waals surface area contributed by atoms with E-state index in [-0.39, 0.29) is 35.8 Å². The quantitative estimate of drug-likeness (QED) is 0.768. The number of carbonyl (C=O) groups excluding carboxylic acids is 1. The number of halogens is 3. The van der Waals surface area contributed by atoms with Gasteiger partial charge in [0, 0.05) is 30.9 Å². The summed E-state index contributed by atoms with van der Waals surface area (Å²) in [7, 11) is -3.98. The van der Waals surface area contributed by atoms with Crippen LogP contribution < -0.4 is 10.0 Å². The van der Waals surface area contributed by atoms with Crippen LogP contribution in [0.25, 0.3) is 0 Å². The molecule has 0 aromatic heterocycles. The summed E-state index contributed by atoms with van der Waals surface area (Å²) in [6.07, 6.45) is -5.04. The molecule has 0 spiro atoms. The summed E-state index contributed by atoms with van der Waals surface area (Å²) >= 11 is 0. The average molecular weight is 395 g/mol. The average Bonchev–Trinajstić information content (AvgIpc) is 2.48. The van der Waals surface area contributed by atoms with Crippen LogP contribution in [0, 0.1) is 0 Å². The van der Waals surface area contributed by atoms with Crippen molar-refractivity contribution in [3.8, 4) is 0 Å². The molecular formula is C16H24F3N3O3S. The summed E-state index contributed by atoms with van der Waals surface area (Å²) in [5.41, 5.74) is -0.0489. The van der Waals surface area contributed by atoms with E-state index >= 15 is 0 Å². The zero-order chi connectivity index (χ0) is 20.3. The van der Waals surface area contributed by atoms with Crippen molar-refractivity contribution >= 4 is 21.6 Å². The largest absolute Gasteiger partial charge is 0.471 e. The summed E-state index contributed by atoms with van der Waals surface area (Å²) < 4.78 is 61.5. The molecule has 0 aliphatic carbocycles. The number of hydrogen-bond acceptors (Lipinski definition) is 4. The first kappa shape index (κ1) is 22.4. The van der Waals surface area contributed by atoms with Gasteiger partial charge >= 0.3 is 12.1 Å². The summed E-state index contributed by atoms with van der Waals surface area (Å²) in [6, 6.07) is 4.59. The molecule has 1 aromatic rings. The summed E-state index contributed by atoms with van der Waals surface area (Å²) in [6.45, 7) is 7.69. The van der Waals surface area contributed by atoms with Crippen molar-refractivity contribution in [3.63, 3.8) is 0 Å². The normalized spacial score (nSPS) is 12.9. The van der Waals surface area contributed by atoms with Crippen LogP contribution in [-0.4, -0.2) is 50.6 Å². The van der Waals surface area contributed by atoms with Gasteiger partial charge in [0.05, 0.1) is 4.90 Å². The molecule has 148 valence electrons. The van der Waals surface area contributed by atoms with Crippen molar-refractivity contribution in [2.45, 2.75) is 50.9 Å². The smallest absolute Gasteiger partial charge is 0.303 e. The molecule has 1 amide bonds. The number of nitrogens with two attached hydrogens (primary N) is 1. The van der Waals surface area contributed by atoms with Crippen LogP contribution in [0.3, 0.4) is 0 Å². The molecule has 1 rings (SSSR count). The number of alkyl halides is 3. The highest BCUT2D eigenvalue weighted by Crippen LogP contribution is 2.25. The van der Waals surface area contributed by atoms with Crippen LogP contribution >= 0.6 is 0 Å². The topological polar surface area (TPSA) is 83.7 Å². The molecule has 2 N–H and O–H groups in total. The Morgan fingerprint density at radius 2 is 1.50 bits per heavy atom. The molecular weight excluding hydrogens is 371 g/mol. The van der Waals surface area contributed by atoms with Gasteiger partial charge in [0.25, 0.3) is 0 Å². The van der Waals surface area contributed by atoms with Crippen molar-refractivity contribution in [3.05, 3.63) is 24.3 Å². The predicted octanol–water partition coefficient (Wildman–Crippen LogP) is 2.35. The lowest BCUT2D eigenvalue weighted by molar-refractivity contribution is -0.170. The Balaban J connectivity index is 3.16. The number of anilines is 1. The highest BCUT2D eigenvalue weighted by Gasteiger charge is 2.43. The first-order valence-corrected chi connectivity index (χ1v) is 9.57. The van der Waals surface area contributed by atoms with Gasteiger partial charge < -0.3 is 4.90 Å². The lowest BCUT2D eigenvalue weighted by Gasteiger charge is -2.33. The molecule has 0 saturated carbocycles. The van der Waals surface area contributed by atoms with E-state index in [1.54, 1.807) is 0 Å². The van der Waals surface area contributed by atoms with Gasteiger partial charge in [-0.15, -0.1) is 0 Å². The second-order valence-electron chi connectivity index (χ2n) is 6.42.